The lowest BCUT2D eigenvalue weighted by Gasteiger charge is -2.16. The van der Waals surface area contributed by atoms with Crippen LogP contribution in [0.3, 0.4) is 0 Å². The van der Waals surface area contributed by atoms with Crippen molar-refractivity contribution in [3.05, 3.63) is 83.2 Å². The van der Waals surface area contributed by atoms with Crippen LogP contribution in [0.4, 0.5) is 0 Å². The normalized spacial score (nSPS) is 12.4. The van der Waals surface area contributed by atoms with Crippen LogP contribution in [0.2, 0.25) is 0 Å². The summed E-state index contributed by atoms with van der Waals surface area (Å²) >= 11 is 10.8. The van der Waals surface area contributed by atoms with Crippen molar-refractivity contribution in [2.45, 2.75) is 39.7 Å². The van der Waals surface area contributed by atoms with Gasteiger partial charge in [-0.05, 0) is 87.2 Å². The van der Waals surface area contributed by atoms with Crippen LogP contribution in [0.15, 0.2) is 65.8 Å². The Morgan fingerprint density at radius 1 is 1.02 bits per heavy atom. The van der Waals surface area contributed by atoms with Crippen LogP contribution in [-0.2, 0) is 13.0 Å². The SMILES string of the molecule is CCCCc1nc2ccc(Br)cc2c(=O)n1N=Cc1cc(OCC)c(OCc2ccc3c(c2)OCO3)c(Br)c1Br. The lowest BCUT2D eigenvalue weighted by Crippen LogP contribution is -2.22. The van der Waals surface area contributed by atoms with E-state index in [-0.39, 0.29) is 12.4 Å². The Kier molecular flexibility index (Phi) is 9.12. The Morgan fingerprint density at radius 3 is 2.65 bits per heavy atom. The van der Waals surface area contributed by atoms with Gasteiger partial charge in [0.1, 0.15) is 12.4 Å². The third-order valence-electron chi connectivity index (χ3n) is 6.22. The Bertz CT molecular complexity index is 1660. The quantitative estimate of drug-likeness (QED) is 0.156. The lowest BCUT2D eigenvalue weighted by molar-refractivity contribution is 0.174. The molecule has 0 saturated carbocycles. The van der Waals surface area contributed by atoms with Crippen LogP contribution in [0, 0.1) is 0 Å². The van der Waals surface area contributed by atoms with Gasteiger partial charge in [-0.1, -0.05) is 35.3 Å². The second-order valence-corrected chi connectivity index (χ2v) is 11.5. The summed E-state index contributed by atoms with van der Waals surface area (Å²) in [6, 6.07) is 13.0. The minimum atomic E-state index is -0.224. The predicted molar refractivity (Wildman–Crippen MR) is 165 cm³/mol. The summed E-state index contributed by atoms with van der Waals surface area (Å²) in [5.41, 5.74) is 2.05. The van der Waals surface area contributed by atoms with E-state index in [1.54, 1.807) is 12.3 Å². The molecule has 1 aliphatic heterocycles. The molecule has 0 fully saturated rings. The highest BCUT2D eigenvalue weighted by Gasteiger charge is 2.19. The third kappa shape index (κ3) is 6.06. The summed E-state index contributed by atoms with van der Waals surface area (Å²) in [6.45, 7) is 4.96. The molecule has 0 aliphatic carbocycles. The lowest BCUT2D eigenvalue weighted by atomic mass is 10.2. The van der Waals surface area contributed by atoms with Crippen molar-refractivity contribution in [3.63, 3.8) is 0 Å². The number of fused-ring (bicyclic) bond motifs is 2. The molecular formula is C29H26Br3N3O5. The highest BCUT2D eigenvalue weighted by atomic mass is 79.9. The molecule has 0 saturated heterocycles. The zero-order valence-electron chi connectivity index (χ0n) is 21.9. The fourth-order valence-corrected chi connectivity index (χ4v) is 5.51. The number of aryl methyl sites for hydroxylation is 1. The van der Waals surface area contributed by atoms with Crippen molar-refractivity contribution in [2.24, 2.45) is 5.10 Å². The zero-order chi connectivity index (χ0) is 28.2. The van der Waals surface area contributed by atoms with Gasteiger partial charge in [-0.15, -0.1) is 0 Å². The number of hydrogen-bond acceptors (Lipinski definition) is 7. The fraction of sp³-hybridized carbons (Fsp3) is 0.276. The average Bonchev–Trinajstić information content (AvgIpc) is 3.42. The first-order valence-corrected chi connectivity index (χ1v) is 15.2. The first-order chi connectivity index (χ1) is 19.4. The van der Waals surface area contributed by atoms with E-state index in [1.807, 2.05) is 43.3 Å². The van der Waals surface area contributed by atoms with Crippen molar-refractivity contribution < 1.29 is 18.9 Å². The van der Waals surface area contributed by atoms with E-state index in [0.717, 1.165) is 28.6 Å². The molecule has 0 amide bonds. The van der Waals surface area contributed by atoms with E-state index in [1.165, 1.54) is 4.68 Å². The maximum atomic E-state index is 13.5. The van der Waals surface area contributed by atoms with Gasteiger partial charge < -0.3 is 18.9 Å². The van der Waals surface area contributed by atoms with Gasteiger partial charge in [0.2, 0.25) is 6.79 Å². The van der Waals surface area contributed by atoms with E-state index < -0.39 is 0 Å². The van der Waals surface area contributed by atoms with Crippen LogP contribution in [0.25, 0.3) is 10.9 Å². The summed E-state index contributed by atoms with van der Waals surface area (Å²) in [5.74, 6) is 3.11. The summed E-state index contributed by atoms with van der Waals surface area (Å²) in [6.07, 6.45) is 4.13. The molecule has 0 spiro atoms. The molecule has 1 aliphatic rings. The monoisotopic (exact) mass is 733 g/mol. The molecule has 5 rings (SSSR count). The van der Waals surface area contributed by atoms with Crippen molar-refractivity contribution in [2.75, 3.05) is 13.4 Å². The van der Waals surface area contributed by atoms with Gasteiger partial charge in [-0.25, -0.2) is 4.98 Å². The van der Waals surface area contributed by atoms with Crippen LogP contribution in [0.5, 0.6) is 23.0 Å². The summed E-state index contributed by atoms with van der Waals surface area (Å²) in [5, 5.41) is 5.09. The minimum Gasteiger partial charge on any atom is -0.490 e. The molecule has 0 N–H and O–H groups in total. The molecule has 1 aromatic heterocycles. The molecule has 2 heterocycles. The Morgan fingerprint density at radius 2 is 1.85 bits per heavy atom. The molecule has 3 aromatic carbocycles. The van der Waals surface area contributed by atoms with E-state index in [9.17, 15) is 4.79 Å². The summed E-state index contributed by atoms with van der Waals surface area (Å²) in [7, 11) is 0. The smallest absolute Gasteiger partial charge is 0.282 e. The molecule has 0 atom stereocenters. The number of aromatic nitrogens is 2. The molecule has 0 unspecified atom stereocenters. The van der Waals surface area contributed by atoms with Crippen molar-refractivity contribution >= 4 is 64.9 Å². The Labute approximate surface area is 256 Å². The number of nitrogens with zero attached hydrogens (tertiary/aromatic N) is 3. The summed E-state index contributed by atoms with van der Waals surface area (Å²) in [4.78, 5) is 18.2. The number of rotatable bonds is 10. The van der Waals surface area contributed by atoms with Gasteiger partial charge in [0.15, 0.2) is 23.0 Å². The molecule has 208 valence electrons. The largest absolute Gasteiger partial charge is 0.490 e. The average molecular weight is 736 g/mol. The highest BCUT2D eigenvalue weighted by Crippen LogP contribution is 2.43. The van der Waals surface area contributed by atoms with Gasteiger partial charge >= 0.3 is 0 Å². The molecule has 11 heteroatoms. The number of ether oxygens (including phenoxy) is 4. The van der Waals surface area contributed by atoms with Gasteiger partial charge in [0.05, 0.1) is 28.2 Å². The van der Waals surface area contributed by atoms with Crippen LogP contribution in [-0.4, -0.2) is 29.3 Å². The van der Waals surface area contributed by atoms with E-state index >= 15 is 0 Å². The number of benzene rings is 3. The standard InChI is InChI=1S/C29H26Br3N3O5/c1-3-5-6-25-34-21-9-8-19(30)13-20(21)29(36)35(25)33-14-18-12-24(37-4-2)28(27(32)26(18)31)38-15-17-7-10-22-23(11-17)40-16-39-22/h7-14H,3-6,15-16H2,1-2H3. The maximum absolute atomic E-state index is 13.5. The van der Waals surface area contributed by atoms with Crippen LogP contribution < -0.4 is 24.5 Å². The zero-order valence-corrected chi connectivity index (χ0v) is 26.6. The number of unbranched alkanes of at least 4 members (excludes halogenated alkanes) is 1. The predicted octanol–water partition coefficient (Wildman–Crippen LogP) is 7.62. The molecule has 8 nitrogen and oxygen atoms in total. The van der Waals surface area contributed by atoms with Gasteiger partial charge in [-0.3, -0.25) is 4.79 Å². The topological polar surface area (TPSA) is 84.2 Å². The number of halogens is 3. The first-order valence-electron chi connectivity index (χ1n) is 12.8. The molecule has 0 radical (unpaired) electrons. The van der Waals surface area contributed by atoms with Gasteiger partial charge in [0, 0.05) is 20.9 Å². The molecule has 4 aromatic rings. The second-order valence-electron chi connectivity index (χ2n) is 8.98. The van der Waals surface area contributed by atoms with E-state index in [0.29, 0.717) is 68.1 Å². The Balaban J connectivity index is 1.49. The minimum absolute atomic E-state index is 0.217. The number of hydrogen-bond donors (Lipinski definition) is 0. The van der Waals surface area contributed by atoms with E-state index in [2.05, 4.69) is 59.8 Å². The van der Waals surface area contributed by atoms with Gasteiger partial charge in [0.25, 0.3) is 5.56 Å². The molecule has 0 bridgehead atoms. The van der Waals surface area contributed by atoms with Crippen molar-refractivity contribution in [1.82, 2.24) is 9.66 Å². The molecule has 40 heavy (non-hydrogen) atoms. The second kappa shape index (κ2) is 12.7. The first kappa shape index (κ1) is 28.6. The van der Waals surface area contributed by atoms with Crippen molar-refractivity contribution in [1.29, 1.82) is 0 Å². The third-order valence-corrected chi connectivity index (χ3v) is 8.85. The van der Waals surface area contributed by atoms with E-state index in [4.69, 9.17) is 23.9 Å². The molecular weight excluding hydrogens is 710 g/mol. The van der Waals surface area contributed by atoms with Crippen LogP contribution in [0.1, 0.15) is 43.6 Å². The fourth-order valence-electron chi connectivity index (χ4n) is 4.21. The van der Waals surface area contributed by atoms with Crippen molar-refractivity contribution in [3.8, 4) is 23.0 Å². The maximum Gasteiger partial charge on any atom is 0.282 e. The van der Waals surface area contributed by atoms with Gasteiger partial charge in [-0.2, -0.15) is 9.78 Å². The Hall–Kier alpha value is -2.89. The highest BCUT2D eigenvalue weighted by molar-refractivity contribution is 9.13. The van der Waals surface area contributed by atoms with Crippen LogP contribution >= 0.6 is 47.8 Å². The summed E-state index contributed by atoms with van der Waals surface area (Å²) < 4.78 is 26.6.